The highest BCUT2D eigenvalue weighted by molar-refractivity contribution is 5.41. The van der Waals surface area contributed by atoms with Crippen LogP contribution in [0, 0.1) is 53.3 Å². The highest BCUT2D eigenvalue weighted by atomic mass is 16.3. The summed E-state index contributed by atoms with van der Waals surface area (Å²) < 4.78 is 0. The van der Waals surface area contributed by atoms with Gasteiger partial charge in [-0.1, -0.05) is 88.4 Å². The van der Waals surface area contributed by atoms with E-state index in [4.69, 9.17) is 0 Å². The Hall–Kier alpha value is -1.52. The first-order chi connectivity index (χ1) is 19.0. The van der Waals surface area contributed by atoms with Crippen LogP contribution in [0.25, 0.3) is 0 Å². The summed E-state index contributed by atoms with van der Waals surface area (Å²) in [7, 11) is 0. The van der Waals surface area contributed by atoms with E-state index in [1.54, 1.807) is 6.92 Å². The van der Waals surface area contributed by atoms with E-state index >= 15 is 0 Å². The van der Waals surface area contributed by atoms with Gasteiger partial charge in [-0.15, -0.1) is 12.3 Å². The summed E-state index contributed by atoms with van der Waals surface area (Å²) in [6.07, 6.45) is 23.4. The zero-order chi connectivity index (χ0) is 29.1. The molecule has 1 aromatic carbocycles. The van der Waals surface area contributed by atoms with Gasteiger partial charge in [0.2, 0.25) is 0 Å². The van der Waals surface area contributed by atoms with Gasteiger partial charge < -0.3 is 5.11 Å². The molecule has 1 aromatic rings. The predicted octanol–water partition coefficient (Wildman–Crippen LogP) is 10.8. The Kier molecular flexibility index (Phi) is 10.0. The molecule has 1 spiro atoms. The van der Waals surface area contributed by atoms with Gasteiger partial charge in [0.25, 0.3) is 0 Å². The molecular formula is C39H60O. The highest BCUT2D eigenvalue weighted by Crippen LogP contribution is 2.66. The Balaban J connectivity index is 0.000000479. The van der Waals surface area contributed by atoms with Gasteiger partial charge in [0, 0.05) is 5.92 Å². The van der Waals surface area contributed by atoms with Crippen molar-refractivity contribution in [3.8, 4) is 12.3 Å². The molecule has 1 nitrogen and oxygen atoms in total. The molecule has 6 rings (SSSR count). The summed E-state index contributed by atoms with van der Waals surface area (Å²) >= 11 is 0. The normalized spacial score (nSPS) is 35.1. The molecule has 5 aliphatic rings. The third kappa shape index (κ3) is 6.28. The summed E-state index contributed by atoms with van der Waals surface area (Å²) in [6.45, 7) is 15.6. The maximum absolute atomic E-state index is 11.1. The molecular weight excluding hydrogens is 484 g/mol. The highest BCUT2D eigenvalue weighted by Gasteiger charge is 2.57. The molecule has 6 atom stereocenters. The molecule has 0 bridgehead atoms. The fourth-order valence-corrected chi connectivity index (χ4v) is 9.43. The number of benzene rings is 1. The molecule has 1 N–H and O–H groups in total. The van der Waals surface area contributed by atoms with Crippen LogP contribution >= 0.6 is 0 Å². The number of rotatable bonds is 2. The summed E-state index contributed by atoms with van der Waals surface area (Å²) in [5.74, 6) is 5.04. The maximum atomic E-state index is 11.1. The molecule has 5 aliphatic carbocycles. The minimum atomic E-state index is -0.111. The number of fused-ring (bicyclic) bond motifs is 4. The molecule has 0 amide bonds. The van der Waals surface area contributed by atoms with E-state index < -0.39 is 0 Å². The number of hydrogen-bond donors (Lipinski definition) is 1. The lowest BCUT2D eigenvalue weighted by Crippen LogP contribution is -2.46. The van der Waals surface area contributed by atoms with Crippen LogP contribution in [-0.2, 0) is 0 Å². The second-order valence-corrected chi connectivity index (χ2v) is 15.4. The molecule has 0 radical (unpaired) electrons. The Morgan fingerprint density at radius 2 is 1.50 bits per heavy atom. The van der Waals surface area contributed by atoms with Crippen molar-refractivity contribution in [2.24, 2.45) is 34.0 Å². The number of aryl methyl sites for hydroxylation is 1. The van der Waals surface area contributed by atoms with Crippen LogP contribution in [0.2, 0.25) is 0 Å². The van der Waals surface area contributed by atoms with Gasteiger partial charge >= 0.3 is 0 Å². The molecule has 4 saturated carbocycles. The van der Waals surface area contributed by atoms with Crippen LogP contribution in [0.1, 0.15) is 148 Å². The van der Waals surface area contributed by atoms with Crippen LogP contribution in [-0.4, -0.2) is 11.2 Å². The summed E-state index contributed by atoms with van der Waals surface area (Å²) in [5, 5.41) is 11.1. The Labute approximate surface area is 248 Å². The minimum Gasteiger partial charge on any atom is -0.393 e. The third-order valence-electron chi connectivity index (χ3n) is 12.2. The first-order valence-corrected chi connectivity index (χ1v) is 16.9. The molecule has 1 heteroatoms. The van der Waals surface area contributed by atoms with Crippen LogP contribution < -0.4 is 0 Å². The second-order valence-electron chi connectivity index (χ2n) is 15.4. The first kappa shape index (κ1) is 31.4. The largest absolute Gasteiger partial charge is 0.393 e. The number of terminal acetylenes is 1. The van der Waals surface area contributed by atoms with Crippen LogP contribution in [0.5, 0.6) is 0 Å². The zero-order valence-corrected chi connectivity index (χ0v) is 27.1. The molecule has 0 heterocycles. The maximum Gasteiger partial charge on any atom is 0.0597 e. The van der Waals surface area contributed by atoms with Gasteiger partial charge in [0.15, 0.2) is 0 Å². The van der Waals surface area contributed by atoms with E-state index in [-0.39, 0.29) is 11.5 Å². The summed E-state index contributed by atoms with van der Waals surface area (Å²) in [6, 6.07) is 9.45. The zero-order valence-electron chi connectivity index (χ0n) is 27.1. The van der Waals surface area contributed by atoms with Crippen molar-refractivity contribution in [1.82, 2.24) is 0 Å². The molecule has 4 fully saturated rings. The van der Waals surface area contributed by atoms with Gasteiger partial charge in [-0.25, -0.2) is 0 Å². The van der Waals surface area contributed by atoms with Crippen molar-refractivity contribution in [3.63, 3.8) is 0 Å². The lowest BCUT2D eigenvalue weighted by atomic mass is 9.49. The predicted molar refractivity (Wildman–Crippen MR) is 172 cm³/mol. The van der Waals surface area contributed by atoms with Crippen LogP contribution in [0.15, 0.2) is 35.4 Å². The number of allylic oxidation sites excluding steroid dienone is 2. The Morgan fingerprint density at radius 1 is 0.875 bits per heavy atom. The van der Waals surface area contributed by atoms with Crippen molar-refractivity contribution in [2.75, 3.05) is 0 Å². The third-order valence-corrected chi connectivity index (χ3v) is 12.2. The average Bonchev–Trinajstić information content (AvgIpc) is 3.25. The molecule has 6 unspecified atom stereocenters. The van der Waals surface area contributed by atoms with E-state index in [9.17, 15) is 5.11 Å². The quantitative estimate of drug-likeness (QED) is 0.290. The molecule has 222 valence electrons. The Morgan fingerprint density at radius 3 is 2.10 bits per heavy atom. The van der Waals surface area contributed by atoms with E-state index in [0.29, 0.717) is 22.7 Å². The molecule has 40 heavy (non-hydrogen) atoms. The van der Waals surface area contributed by atoms with Crippen molar-refractivity contribution >= 4 is 0 Å². The van der Waals surface area contributed by atoms with E-state index in [1.807, 2.05) is 11.1 Å². The van der Waals surface area contributed by atoms with Gasteiger partial charge in [-0.05, 0) is 130 Å². The van der Waals surface area contributed by atoms with Crippen molar-refractivity contribution < 1.29 is 5.11 Å². The Bertz CT molecular complexity index is 1040. The fraction of sp³-hybridized carbons (Fsp3) is 0.744. The van der Waals surface area contributed by atoms with Gasteiger partial charge in [0.1, 0.15) is 0 Å². The average molecular weight is 545 g/mol. The number of aliphatic hydroxyl groups excluding tert-OH is 1. The van der Waals surface area contributed by atoms with Gasteiger partial charge in [-0.3, -0.25) is 0 Å². The standard InChI is InChI=1S/C32H46O.C4H10.C3H4/c1-21-5-7-22(8-6-21)26-20-31(4)27(11-12-28(31)33)25-10-9-23-19-32(14-13-24(23)29(25)26)17-15-30(2,3)16-18-32;1-3-4-2;1-3-2/h5-8,23,25-28,33H,9-20H2,1-4H3;3-4H2,1-2H3;1H,2H3. The monoisotopic (exact) mass is 544 g/mol. The molecule has 0 aromatic heterocycles. The van der Waals surface area contributed by atoms with Crippen molar-refractivity contribution in [3.05, 3.63) is 46.5 Å². The lowest BCUT2D eigenvalue weighted by molar-refractivity contribution is -0.00972. The van der Waals surface area contributed by atoms with E-state index in [2.05, 4.69) is 78.2 Å². The topological polar surface area (TPSA) is 20.2 Å². The number of unbranched alkanes of at least 4 members (excludes halogenated alkanes) is 1. The number of hydrogen-bond acceptors (Lipinski definition) is 1. The molecule has 0 aliphatic heterocycles. The SMILES string of the molecule is C#CC.CCCC.Cc1ccc(C2CC3(C)C(O)CCC3C3CCC4CC5(CCC4=C23)CCC(C)(C)CC5)cc1. The van der Waals surface area contributed by atoms with Crippen LogP contribution in [0.4, 0.5) is 0 Å². The van der Waals surface area contributed by atoms with Crippen molar-refractivity contribution in [1.29, 1.82) is 0 Å². The first-order valence-electron chi connectivity index (χ1n) is 16.9. The number of aliphatic hydroxyl groups is 1. The van der Waals surface area contributed by atoms with E-state index in [1.165, 1.54) is 88.2 Å². The smallest absolute Gasteiger partial charge is 0.0597 e. The summed E-state index contributed by atoms with van der Waals surface area (Å²) in [5.41, 5.74) is 7.95. The van der Waals surface area contributed by atoms with Crippen molar-refractivity contribution in [2.45, 2.75) is 150 Å². The van der Waals surface area contributed by atoms with Gasteiger partial charge in [-0.2, -0.15) is 0 Å². The summed E-state index contributed by atoms with van der Waals surface area (Å²) in [4.78, 5) is 0. The molecule has 0 saturated heterocycles. The van der Waals surface area contributed by atoms with Gasteiger partial charge in [0.05, 0.1) is 6.10 Å². The fourth-order valence-electron chi connectivity index (χ4n) is 9.43. The lowest BCUT2D eigenvalue weighted by Gasteiger charge is -2.55. The second kappa shape index (κ2) is 12.8. The van der Waals surface area contributed by atoms with Crippen LogP contribution in [0.3, 0.4) is 0 Å². The van der Waals surface area contributed by atoms with E-state index in [0.717, 1.165) is 24.7 Å². The minimum absolute atomic E-state index is 0.0992.